The maximum atomic E-state index is 14.0. The van der Waals surface area contributed by atoms with Crippen molar-refractivity contribution in [3.63, 3.8) is 0 Å². The number of alkyl halides is 3. The number of hydrogen-bond acceptors (Lipinski definition) is 6. The molecule has 2 fully saturated rings. The second-order valence-electron chi connectivity index (χ2n) is 14.5. The van der Waals surface area contributed by atoms with Crippen LogP contribution in [0, 0.1) is 23.7 Å². The van der Waals surface area contributed by atoms with Crippen molar-refractivity contribution in [2.45, 2.75) is 82.7 Å². The van der Waals surface area contributed by atoms with E-state index in [1.165, 1.54) is 30.7 Å². The first kappa shape index (κ1) is 34.0. The lowest BCUT2D eigenvalue weighted by atomic mass is 9.50. The first-order valence-electron chi connectivity index (χ1n) is 17.4. The maximum Gasteiger partial charge on any atom is 0.416 e. The van der Waals surface area contributed by atoms with E-state index in [4.69, 9.17) is 9.47 Å². The fourth-order valence-corrected chi connectivity index (χ4v) is 9.10. The summed E-state index contributed by atoms with van der Waals surface area (Å²) in [5, 5.41) is 11.4. The second-order valence-corrected chi connectivity index (χ2v) is 14.5. The number of benzene rings is 3. The van der Waals surface area contributed by atoms with Crippen molar-refractivity contribution in [2.75, 3.05) is 19.6 Å². The van der Waals surface area contributed by atoms with Gasteiger partial charge in [-0.05, 0) is 80.3 Å². The lowest BCUT2D eigenvalue weighted by Gasteiger charge is -2.60. The number of phenolic OH excluding ortho intramolecular Hbond substituents is 1. The fourth-order valence-electron chi connectivity index (χ4n) is 9.10. The zero-order valence-corrected chi connectivity index (χ0v) is 28.4. The summed E-state index contributed by atoms with van der Waals surface area (Å²) in [5.74, 6) is 5.58. The molecule has 7 rings (SSSR count). The third-order valence-electron chi connectivity index (χ3n) is 11.0. The van der Waals surface area contributed by atoms with Crippen LogP contribution in [0.2, 0.25) is 0 Å². The molecular formula is C40H41F3N2O5. The number of piperidine rings is 1. The van der Waals surface area contributed by atoms with Crippen LogP contribution in [0.3, 0.4) is 0 Å². The second kappa shape index (κ2) is 13.0. The highest BCUT2D eigenvalue weighted by molar-refractivity contribution is 5.94. The summed E-state index contributed by atoms with van der Waals surface area (Å²) in [6, 6.07) is 16.1. The molecule has 1 N–H and O–H groups in total. The summed E-state index contributed by atoms with van der Waals surface area (Å²) in [7, 11) is 0. The van der Waals surface area contributed by atoms with E-state index in [9.17, 15) is 27.9 Å². The number of halogens is 3. The fraction of sp³-hybridized carbons (Fsp3) is 0.450. The summed E-state index contributed by atoms with van der Waals surface area (Å²) in [4.78, 5) is 30.5. The number of phenols is 1. The Bertz CT molecular complexity index is 1850. The van der Waals surface area contributed by atoms with Crippen LogP contribution >= 0.6 is 0 Å². The van der Waals surface area contributed by atoms with Gasteiger partial charge < -0.3 is 19.5 Å². The molecule has 1 spiro atoms. The minimum Gasteiger partial charge on any atom is -0.508 e. The summed E-state index contributed by atoms with van der Waals surface area (Å²) in [5.41, 5.74) is 2.00. The van der Waals surface area contributed by atoms with Gasteiger partial charge in [-0.1, -0.05) is 50.1 Å². The standard InChI is InChI=1S/C40H41F3N2O5/c1-24(2)23-45(35(48)16-11-27-9-12-28(13-10-27)40(41,42)43)31-15-14-30-32-21-29-33(47)22-34(49-25(3)46)37-36(29)39(30,38(31)50-37)18-20-44(32)19-17-26-7-5-4-6-8-26/h4-10,12-13,22,24,30-32,38,47H,14-15,17-21,23H2,1-3H3/t30-,31-,32+,38-,39-/m0/s1. The van der Waals surface area contributed by atoms with Crippen LogP contribution in [0.1, 0.15) is 67.9 Å². The van der Waals surface area contributed by atoms with Crippen molar-refractivity contribution in [3.8, 4) is 29.1 Å². The van der Waals surface area contributed by atoms with Crippen LogP contribution in [0.25, 0.3) is 0 Å². The summed E-state index contributed by atoms with van der Waals surface area (Å²) < 4.78 is 51.8. The highest BCUT2D eigenvalue weighted by Crippen LogP contribution is 2.65. The smallest absolute Gasteiger partial charge is 0.416 e. The molecule has 262 valence electrons. The van der Waals surface area contributed by atoms with Gasteiger partial charge in [0, 0.05) is 60.1 Å². The number of nitrogens with zero attached hydrogens (tertiary/aromatic N) is 2. The summed E-state index contributed by atoms with van der Waals surface area (Å²) in [6.45, 7) is 7.45. The third-order valence-corrected chi connectivity index (χ3v) is 11.0. The predicted molar refractivity (Wildman–Crippen MR) is 181 cm³/mol. The van der Waals surface area contributed by atoms with Crippen molar-refractivity contribution in [1.82, 2.24) is 9.80 Å². The Hall–Kier alpha value is -4.49. The molecule has 7 nitrogen and oxygen atoms in total. The lowest BCUT2D eigenvalue weighted by molar-refractivity contribution is -0.138. The van der Waals surface area contributed by atoms with Gasteiger partial charge in [0.25, 0.3) is 5.91 Å². The zero-order chi connectivity index (χ0) is 35.4. The number of rotatable bonds is 7. The van der Waals surface area contributed by atoms with Crippen molar-refractivity contribution < 1.29 is 37.3 Å². The number of esters is 1. The summed E-state index contributed by atoms with van der Waals surface area (Å²) in [6.07, 6.45) is -1.15. The minimum atomic E-state index is -4.46. The predicted octanol–water partition coefficient (Wildman–Crippen LogP) is 6.52. The average molecular weight is 687 g/mol. The van der Waals surface area contributed by atoms with E-state index in [0.717, 1.165) is 55.6 Å². The van der Waals surface area contributed by atoms with Crippen LogP contribution in [0.5, 0.6) is 17.2 Å². The molecular weight excluding hydrogens is 645 g/mol. The normalized spacial score (nSPS) is 24.9. The van der Waals surface area contributed by atoms with Gasteiger partial charge >= 0.3 is 12.1 Å². The largest absolute Gasteiger partial charge is 0.508 e. The van der Waals surface area contributed by atoms with Crippen molar-refractivity contribution in [1.29, 1.82) is 0 Å². The Morgan fingerprint density at radius 1 is 1.12 bits per heavy atom. The zero-order valence-electron chi connectivity index (χ0n) is 28.4. The molecule has 0 unspecified atom stereocenters. The van der Waals surface area contributed by atoms with E-state index < -0.39 is 35.1 Å². The number of amides is 1. The van der Waals surface area contributed by atoms with Crippen molar-refractivity contribution in [3.05, 3.63) is 88.5 Å². The molecule has 3 aromatic rings. The number of ether oxygens (including phenoxy) is 2. The van der Waals surface area contributed by atoms with Gasteiger partial charge in [0.05, 0.1) is 11.6 Å². The molecule has 0 aromatic heterocycles. The molecule has 5 atom stereocenters. The molecule has 50 heavy (non-hydrogen) atoms. The quantitative estimate of drug-likeness (QED) is 0.173. The SMILES string of the molecule is CC(=O)Oc1cc(O)c2c3c1O[C@H]1[C@@H](N(CC(C)C)C(=O)C#Cc4ccc(C(F)(F)F)cc4)CC[C@H]4[C@@H](C2)N(CCc2ccccc2)CC[C@@]341. The van der Waals surface area contributed by atoms with Crippen LogP contribution < -0.4 is 9.47 Å². The monoisotopic (exact) mass is 686 g/mol. The van der Waals surface area contributed by atoms with Crippen molar-refractivity contribution >= 4 is 11.9 Å². The van der Waals surface area contributed by atoms with E-state index in [1.54, 1.807) is 4.90 Å². The van der Waals surface area contributed by atoms with E-state index in [1.807, 2.05) is 19.9 Å². The van der Waals surface area contributed by atoms with Gasteiger partial charge in [0.2, 0.25) is 0 Å². The Morgan fingerprint density at radius 3 is 2.54 bits per heavy atom. The Kier molecular flexibility index (Phi) is 8.83. The Morgan fingerprint density at radius 2 is 1.86 bits per heavy atom. The van der Waals surface area contributed by atoms with Crippen LogP contribution in [-0.4, -0.2) is 64.6 Å². The number of carbonyl (C=O) groups is 2. The molecule has 2 bridgehead atoms. The van der Waals surface area contributed by atoms with E-state index >= 15 is 0 Å². The maximum absolute atomic E-state index is 14.0. The average Bonchev–Trinajstić information content (AvgIpc) is 3.42. The topological polar surface area (TPSA) is 79.3 Å². The number of carbonyl (C=O) groups excluding carboxylic acids is 2. The number of likely N-dealkylation sites (tertiary alicyclic amines) is 1. The molecule has 0 radical (unpaired) electrons. The van der Waals surface area contributed by atoms with E-state index in [-0.39, 0.29) is 35.4 Å². The molecule has 10 heteroatoms. The summed E-state index contributed by atoms with van der Waals surface area (Å²) >= 11 is 0. The molecule has 2 aliphatic heterocycles. The molecule has 2 heterocycles. The van der Waals surface area contributed by atoms with Crippen LogP contribution in [-0.2, 0) is 34.0 Å². The lowest BCUT2D eigenvalue weighted by Crippen LogP contribution is -2.69. The molecule has 1 saturated heterocycles. The van der Waals surface area contributed by atoms with Gasteiger partial charge in [-0.2, -0.15) is 13.2 Å². The number of aromatic hydroxyl groups is 1. The van der Waals surface area contributed by atoms with Crippen LogP contribution in [0.4, 0.5) is 13.2 Å². The first-order valence-corrected chi connectivity index (χ1v) is 17.4. The molecule has 4 aliphatic rings. The van der Waals surface area contributed by atoms with Gasteiger partial charge in [0.15, 0.2) is 11.5 Å². The van der Waals surface area contributed by atoms with Gasteiger partial charge in [0.1, 0.15) is 11.9 Å². The molecule has 2 aliphatic carbocycles. The Balaban J connectivity index is 1.25. The van der Waals surface area contributed by atoms with E-state index in [2.05, 4.69) is 41.0 Å². The molecule has 1 amide bonds. The third kappa shape index (κ3) is 6.00. The highest BCUT2D eigenvalue weighted by Gasteiger charge is 2.67. The molecule has 1 saturated carbocycles. The number of hydrogen-bond donors (Lipinski definition) is 1. The van der Waals surface area contributed by atoms with E-state index in [0.29, 0.717) is 30.7 Å². The van der Waals surface area contributed by atoms with Gasteiger partial charge in [-0.3, -0.25) is 14.5 Å². The highest BCUT2D eigenvalue weighted by atomic mass is 19.4. The van der Waals surface area contributed by atoms with Crippen LogP contribution in [0.15, 0.2) is 60.7 Å². The Labute approximate surface area is 290 Å². The van der Waals surface area contributed by atoms with Gasteiger partial charge in [-0.25, -0.2) is 0 Å². The first-order chi connectivity index (χ1) is 23.9. The minimum absolute atomic E-state index is 0.0802. The van der Waals surface area contributed by atoms with Crippen molar-refractivity contribution in [2.24, 2.45) is 11.8 Å². The molecule has 3 aromatic carbocycles. The van der Waals surface area contributed by atoms with Gasteiger partial charge in [-0.15, -0.1) is 0 Å².